The number of allylic oxidation sites excluding steroid dienone is 14. The number of aromatic nitrogens is 1. The van der Waals surface area contributed by atoms with Gasteiger partial charge in [-0.2, -0.15) is 0 Å². The lowest BCUT2D eigenvalue weighted by molar-refractivity contribution is -0.127. The fourth-order valence-corrected chi connectivity index (χ4v) is 11.7. The standard InChI is InChI=1S/C50H49NO2/c1-3-15-32(16-4-1)33-29-30-45-40(31-33)48(38-20-8-11-26-43(38)52-45)50-39-21-9-12-27-44(39)53-46-28-14-23-36(49(46)50)35-22-13-25-42-47(35)37-19-7-10-24-41(37)51(42)34-17-5-2-6-18-34/h1-8,13-15,17-21,23,25,27-32,35,38,40,43,45-46,48-50H,9-12,16,22,24,26H2. The SMILES string of the molecule is C1=CCC(C2=CC3C(C=C2)OC2CCC=CC2C3C2C3=CCCC=C3OC3C=CC=C(C4CC=Cc5c4c4c(n5-c5ccccc5)CCC=C4)C32)C=C1. The lowest BCUT2D eigenvalue weighted by Crippen LogP contribution is -2.54. The molecule has 2 aromatic rings. The van der Waals surface area contributed by atoms with Crippen LogP contribution in [-0.2, 0) is 15.9 Å². The highest BCUT2D eigenvalue weighted by Crippen LogP contribution is 2.59. The second kappa shape index (κ2) is 13.1. The van der Waals surface area contributed by atoms with Crippen molar-refractivity contribution in [1.29, 1.82) is 0 Å². The van der Waals surface area contributed by atoms with Crippen molar-refractivity contribution in [2.24, 2.45) is 35.5 Å². The second-order valence-corrected chi connectivity index (χ2v) is 16.5. The van der Waals surface area contributed by atoms with E-state index in [2.05, 4.69) is 144 Å². The van der Waals surface area contributed by atoms with Crippen LogP contribution in [0.25, 0.3) is 17.8 Å². The predicted molar refractivity (Wildman–Crippen MR) is 215 cm³/mol. The maximum Gasteiger partial charge on any atom is 0.124 e. The van der Waals surface area contributed by atoms with E-state index >= 15 is 0 Å². The summed E-state index contributed by atoms with van der Waals surface area (Å²) in [6.45, 7) is 0. The van der Waals surface area contributed by atoms with Crippen molar-refractivity contribution in [3.05, 3.63) is 173 Å². The van der Waals surface area contributed by atoms with Crippen molar-refractivity contribution in [3.63, 3.8) is 0 Å². The predicted octanol–water partition coefficient (Wildman–Crippen LogP) is 11.3. The van der Waals surface area contributed by atoms with Gasteiger partial charge < -0.3 is 14.0 Å². The topological polar surface area (TPSA) is 23.4 Å². The highest BCUT2D eigenvalue weighted by Gasteiger charge is 2.55. The van der Waals surface area contributed by atoms with Gasteiger partial charge in [0.2, 0.25) is 0 Å². The summed E-state index contributed by atoms with van der Waals surface area (Å²) < 4.78 is 16.8. The van der Waals surface area contributed by atoms with Crippen molar-refractivity contribution >= 4 is 12.2 Å². The van der Waals surface area contributed by atoms with Gasteiger partial charge in [0, 0.05) is 52.6 Å². The first-order chi connectivity index (χ1) is 26.3. The molecule has 0 radical (unpaired) electrons. The molecule has 0 amide bonds. The van der Waals surface area contributed by atoms with E-state index in [0.717, 1.165) is 57.1 Å². The van der Waals surface area contributed by atoms with E-state index in [-0.39, 0.29) is 24.2 Å². The van der Waals surface area contributed by atoms with Crippen LogP contribution >= 0.6 is 0 Å². The third kappa shape index (κ3) is 5.18. The van der Waals surface area contributed by atoms with Gasteiger partial charge in [0.15, 0.2) is 0 Å². The Kier molecular flexibility index (Phi) is 7.86. The highest BCUT2D eigenvalue weighted by molar-refractivity contribution is 5.73. The first-order valence-corrected chi connectivity index (χ1v) is 20.5. The molecule has 3 heteroatoms. The second-order valence-electron chi connectivity index (χ2n) is 16.5. The molecule has 0 spiro atoms. The third-order valence-electron chi connectivity index (χ3n) is 13.8. The minimum Gasteiger partial charge on any atom is -0.486 e. The molecular weight excluding hydrogens is 647 g/mol. The van der Waals surface area contributed by atoms with Crippen LogP contribution in [0.15, 0.2) is 150 Å². The number of hydrogen-bond donors (Lipinski definition) is 0. The number of benzene rings is 1. The van der Waals surface area contributed by atoms with Crippen molar-refractivity contribution < 1.29 is 9.47 Å². The minimum atomic E-state index is 0.0137. The summed E-state index contributed by atoms with van der Waals surface area (Å²) in [5, 5.41) is 0. The van der Waals surface area contributed by atoms with Gasteiger partial charge in [0.1, 0.15) is 11.9 Å². The summed E-state index contributed by atoms with van der Waals surface area (Å²) in [6, 6.07) is 11.0. The fraction of sp³-hybridized carbons (Fsp3) is 0.360. The lowest BCUT2D eigenvalue weighted by Gasteiger charge is -2.55. The van der Waals surface area contributed by atoms with E-state index in [0.29, 0.717) is 35.5 Å². The summed E-state index contributed by atoms with van der Waals surface area (Å²) in [6.07, 6.45) is 52.5. The Morgan fingerprint density at radius 3 is 2.58 bits per heavy atom. The fourth-order valence-electron chi connectivity index (χ4n) is 11.7. The lowest BCUT2D eigenvalue weighted by atomic mass is 9.55. The number of nitrogens with zero attached hydrogens (tertiary/aromatic N) is 1. The summed E-state index contributed by atoms with van der Waals surface area (Å²) >= 11 is 0. The molecule has 266 valence electrons. The minimum absolute atomic E-state index is 0.0137. The Hall–Kier alpha value is -4.60. The summed E-state index contributed by atoms with van der Waals surface area (Å²) in [4.78, 5) is 0. The van der Waals surface area contributed by atoms with E-state index in [4.69, 9.17) is 9.47 Å². The van der Waals surface area contributed by atoms with Crippen LogP contribution in [-0.4, -0.2) is 22.9 Å². The summed E-state index contributed by atoms with van der Waals surface area (Å²) in [7, 11) is 0. The van der Waals surface area contributed by atoms with Crippen LogP contribution in [0, 0.1) is 35.5 Å². The normalized spacial score (nSPS) is 35.7. The molecule has 0 saturated carbocycles. The van der Waals surface area contributed by atoms with E-state index < -0.39 is 0 Å². The van der Waals surface area contributed by atoms with Crippen LogP contribution in [0.5, 0.6) is 0 Å². The quantitative estimate of drug-likeness (QED) is 0.297. The molecule has 10 atom stereocenters. The smallest absolute Gasteiger partial charge is 0.124 e. The Morgan fingerprint density at radius 1 is 0.717 bits per heavy atom. The Bertz CT molecular complexity index is 2160. The average Bonchev–Trinajstić information content (AvgIpc) is 3.57. The van der Waals surface area contributed by atoms with Crippen LogP contribution < -0.4 is 0 Å². The molecule has 2 saturated heterocycles. The van der Waals surface area contributed by atoms with Crippen molar-refractivity contribution in [2.75, 3.05) is 0 Å². The van der Waals surface area contributed by atoms with Crippen molar-refractivity contribution in [2.45, 2.75) is 75.6 Å². The van der Waals surface area contributed by atoms with Gasteiger partial charge in [-0.1, -0.05) is 115 Å². The molecule has 3 heterocycles. The first kappa shape index (κ1) is 31.9. The van der Waals surface area contributed by atoms with Crippen LogP contribution in [0.1, 0.15) is 73.4 Å². The molecule has 11 rings (SSSR count). The summed E-state index contributed by atoms with van der Waals surface area (Å²) in [5.74, 6) is 3.50. The zero-order valence-corrected chi connectivity index (χ0v) is 30.5. The Labute approximate surface area is 314 Å². The monoisotopic (exact) mass is 695 g/mol. The maximum absolute atomic E-state index is 7.13. The van der Waals surface area contributed by atoms with E-state index in [1.807, 2.05) is 0 Å². The van der Waals surface area contributed by atoms with Gasteiger partial charge >= 0.3 is 0 Å². The molecule has 53 heavy (non-hydrogen) atoms. The number of ether oxygens (including phenoxy) is 2. The first-order valence-electron chi connectivity index (χ1n) is 20.5. The molecule has 2 aliphatic heterocycles. The van der Waals surface area contributed by atoms with Gasteiger partial charge in [0.05, 0.1) is 12.2 Å². The zero-order valence-electron chi connectivity index (χ0n) is 30.5. The van der Waals surface area contributed by atoms with E-state index in [1.165, 1.54) is 39.3 Å². The molecular formula is C50H49NO2. The van der Waals surface area contributed by atoms with Gasteiger partial charge in [-0.3, -0.25) is 0 Å². The number of para-hydroxylation sites is 1. The molecule has 1 aromatic heterocycles. The van der Waals surface area contributed by atoms with Gasteiger partial charge in [-0.15, -0.1) is 0 Å². The van der Waals surface area contributed by atoms with Crippen molar-refractivity contribution in [3.8, 4) is 5.69 Å². The van der Waals surface area contributed by atoms with Gasteiger partial charge in [0.25, 0.3) is 0 Å². The molecule has 0 N–H and O–H groups in total. The Balaban J connectivity index is 1.07. The number of fused-ring (bicyclic) bond motifs is 7. The van der Waals surface area contributed by atoms with Crippen LogP contribution in [0.3, 0.4) is 0 Å². The van der Waals surface area contributed by atoms with Crippen molar-refractivity contribution in [1.82, 2.24) is 4.57 Å². The van der Waals surface area contributed by atoms with E-state index in [9.17, 15) is 0 Å². The highest BCUT2D eigenvalue weighted by atomic mass is 16.5. The third-order valence-corrected chi connectivity index (χ3v) is 13.8. The van der Waals surface area contributed by atoms with E-state index in [1.54, 1.807) is 5.57 Å². The number of hydrogen-bond acceptors (Lipinski definition) is 2. The van der Waals surface area contributed by atoms with Gasteiger partial charge in [-0.05, 0) is 110 Å². The molecule has 10 unspecified atom stereocenters. The zero-order chi connectivity index (χ0) is 34.9. The Morgan fingerprint density at radius 2 is 1.66 bits per heavy atom. The summed E-state index contributed by atoms with van der Waals surface area (Å²) in [5.41, 5.74) is 11.5. The molecule has 1 aromatic carbocycles. The molecule has 3 nitrogen and oxygen atoms in total. The molecule has 9 aliphatic rings. The average molecular weight is 696 g/mol. The molecule has 7 aliphatic carbocycles. The molecule has 0 bridgehead atoms. The van der Waals surface area contributed by atoms with Crippen LogP contribution in [0.4, 0.5) is 0 Å². The molecule has 2 fully saturated rings. The van der Waals surface area contributed by atoms with Crippen LogP contribution in [0.2, 0.25) is 0 Å². The number of rotatable bonds is 4. The van der Waals surface area contributed by atoms with Gasteiger partial charge in [-0.25, -0.2) is 0 Å². The maximum atomic E-state index is 7.13. The largest absolute Gasteiger partial charge is 0.486 e.